The molecule has 1 heterocycles. The van der Waals surface area contributed by atoms with Crippen LogP contribution in [0.5, 0.6) is 0 Å². The molecular weight excluding hydrogens is 186 g/mol. The molecule has 14 heavy (non-hydrogen) atoms. The smallest absolute Gasteiger partial charge is 0.326 e. The third kappa shape index (κ3) is 1.72. The van der Waals surface area contributed by atoms with E-state index in [1.807, 2.05) is 6.92 Å². The third-order valence-electron chi connectivity index (χ3n) is 2.81. The van der Waals surface area contributed by atoms with Crippen molar-refractivity contribution < 1.29 is 19.4 Å². The monoisotopic (exact) mass is 201 g/mol. The highest BCUT2D eigenvalue weighted by Gasteiger charge is 2.49. The number of hydrogen-bond acceptors (Lipinski definition) is 3. The summed E-state index contributed by atoms with van der Waals surface area (Å²) in [5, 5.41) is 11.4. The van der Waals surface area contributed by atoms with Gasteiger partial charge in [-0.3, -0.25) is 4.79 Å². The highest BCUT2D eigenvalue weighted by Crippen LogP contribution is 2.35. The predicted molar refractivity (Wildman–Crippen MR) is 48.8 cm³/mol. The number of methoxy groups -OCH3 is 1. The molecule has 80 valence electrons. The number of carbonyl (C=O) groups is 2. The van der Waals surface area contributed by atoms with E-state index in [4.69, 9.17) is 9.84 Å². The number of aliphatic carboxylic acids is 1. The summed E-state index contributed by atoms with van der Waals surface area (Å²) in [6.07, 6.45) is 0.838. The minimum absolute atomic E-state index is 0.212. The molecule has 0 aromatic rings. The fraction of sp³-hybridized carbons (Fsp3) is 0.778. The fourth-order valence-electron chi connectivity index (χ4n) is 1.96. The Labute approximate surface area is 82.4 Å². The Kier molecular flexibility index (Phi) is 3.10. The summed E-state index contributed by atoms with van der Waals surface area (Å²) >= 11 is 0. The molecule has 0 aliphatic carbocycles. The fourth-order valence-corrected chi connectivity index (χ4v) is 1.96. The highest BCUT2D eigenvalue weighted by atomic mass is 16.5. The van der Waals surface area contributed by atoms with Gasteiger partial charge in [0.1, 0.15) is 6.04 Å². The van der Waals surface area contributed by atoms with E-state index in [1.54, 1.807) is 0 Å². The molecule has 2 N–H and O–H groups in total. The molecular formula is C9H15NO4. The maximum atomic E-state index is 11.2. The minimum atomic E-state index is -0.991. The molecule has 1 fully saturated rings. The molecule has 0 aromatic carbocycles. The first-order chi connectivity index (χ1) is 6.55. The van der Waals surface area contributed by atoms with Crippen LogP contribution in [0.4, 0.5) is 0 Å². The molecule has 2 unspecified atom stereocenters. The van der Waals surface area contributed by atoms with Crippen molar-refractivity contribution in [1.29, 1.82) is 0 Å². The summed E-state index contributed by atoms with van der Waals surface area (Å²) in [7, 11) is 1.51. The Hall–Kier alpha value is -1.10. The second kappa shape index (κ2) is 3.96. The van der Waals surface area contributed by atoms with Gasteiger partial charge in [0.2, 0.25) is 5.91 Å². The van der Waals surface area contributed by atoms with E-state index in [0.717, 1.165) is 0 Å². The molecule has 1 amide bonds. The van der Waals surface area contributed by atoms with Gasteiger partial charge in [0.15, 0.2) is 0 Å². The van der Waals surface area contributed by atoms with Gasteiger partial charge >= 0.3 is 5.97 Å². The van der Waals surface area contributed by atoms with Crippen LogP contribution in [0.3, 0.4) is 0 Å². The van der Waals surface area contributed by atoms with Gasteiger partial charge in [0.25, 0.3) is 0 Å². The van der Waals surface area contributed by atoms with Crippen molar-refractivity contribution in [2.45, 2.75) is 25.8 Å². The van der Waals surface area contributed by atoms with Crippen LogP contribution in [0.1, 0.15) is 19.8 Å². The number of nitrogens with one attached hydrogen (secondary N) is 1. The first kappa shape index (κ1) is 11.0. The molecule has 5 nitrogen and oxygen atoms in total. The van der Waals surface area contributed by atoms with Gasteiger partial charge in [-0.05, 0) is 6.42 Å². The number of carbonyl (C=O) groups excluding carboxylic acids is 1. The number of carboxylic acid groups (broad SMARTS) is 1. The van der Waals surface area contributed by atoms with E-state index >= 15 is 0 Å². The molecule has 0 spiro atoms. The van der Waals surface area contributed by atoms with Crippen LogP contribution in [0.15, 0.2) is 0 Å². The summed E-state index contributed by atoms with van der Waals surface area (Å²) < 4.78 is 4.99. The normalized spacial score (nSPS) is 31.6. The van der Waals surface area contributed by atoms with E-state index in [0.29, 0.717) is 13.0 Å². The van der Waals surface area contributed by atoms with Gasteiger partial charge in [0.05, 0.1) is 6.61 Å². The van der Waals surface area contributed by atoms with Crippen molar-refractivity contribution >= 4 is 11.9 Å². The molecule has 5 heteroatoms. The molecule has 2 atom stereocenters. The minimum Gasteiger partial charge on any atom is -0.480 e. The standard InChI is InChI=1S/C9H15NO4/c1-3-9(5-14-2)4-6(11)10-7(9)8(12)13/h7H,3-5H2,1-2H3,(H,10,11)(H,12,13). The first-order valence-corrected chi connectivity index (χ1v) is 4.57. The van der Waals surface area contributed by atoms with Crippen LogP contribution < -0.4 is 5.32 Å². The molecule has 0 saturated carbocycles. The van der Waals surface area contributed by atoms with Crippen molar-refractivity contribution in [3.05, 3.63) is 0 Å². The van der Waals surface area contributed by atoms with Crippen molar-refractivity contribution in [3.63, 3.8) is 0 Å². The van der Waals surface area contributed by atoms with Crippen LogP contribution in [-0.2, 0) is 14.3 Å². The zero-order valence-corrected chi connectivity index (χ0v) is 8.37. The summed E-state index contributed by atoms with van der Waals surface area (Å²) in [6.45, 7) is 2.16. The lowest BCUT2D eigenvalue weighted by Crippen LogP contribution is -2.45. The maximum absolute atomic E-state index is 11.2. The van der Waals surface area contributed by atoms with Gasteiger partial charge < -0.3 is 15.2 Å². The lowest BCUT2D eigenvalue weighted by atomic mass is 9.78. The molecule has 1 aliphatic rings. The summed E-state index contributed by atoms with van der Waals surface area (Å²) in [6, 6.07) is -0.819. The molecule has 1 saturated heterocycles. The van der Waals surface area contributed by atoms with E-state index in [9.17, 15) is 9.59 Å². The average molecular weight is 201 g/mol. The van der Waals surface area contributed by atoms with Gasteiger partial charge in [-0.25, -0.2) is 4.79 Å². The number of hydrogen-bond donors (Lipinski definition) is 2. The van der Waals surface area contributed by atoms with Crippen LogP contribution in [0.2, 0.25) is 0 Å². The Bertz CT molecular complexity index is 253. The van der Waals surface area contributed by atoms with Crippen LogP contribution >= 0.6 is 0 Å². The largest absolute Gasteiger partial charge is 0.480 e. The molecule has 1 rings (SSSR count). The number of ether oxygens (including phenoxy) is 1. The van der Waals surface area contributed by atoms with Gasteiger partial charge in [-0.1, -0.05) is 6.92 Å². The van der Waals surface area contributed by atoms with Crippen molar-refractivity contribution in [2.24, 2.45) is 5.41 Å². The van der Waals surface area contributed by atoms with Gasteiger partial charge in [-0.15, -0.1) is 0 Å². The molecule has 0 bridgehead atoms. The second-order valence-corrected chi connectivity index (χ2v) is 3.66. The Morgan fingerprint density at radius 2 is 2.43 bits per heavy atom. The Morgan fingerprint density at radius 3 is 2.86 bits per heavy atom. The van der Waals surface area contributed by atoms with E-state index in [1.165, 1.54) is 7.11 Å². The number of amides is 1. The van der Waals surface area contributed by atoms with Crippen molar-refractivity contribution in [3.8, 4) is 0 Å². The topological polar surface area (TPSA) is 75.6 Å². The lowest BCUT2D eigenvalue weighted by Gasteiger charge is -2.29. The van der Waals surface area contributed by atoms with E-state index < -0.39 is 17.4 Å². The van der Waals surface area contributed by atoms with E-state index in [2.05, 4.69) is 5.32 Å². The zero-order chi connectivity index (χ0) is 10.8. The predicted octanol–water partition coefficient (Wildman–Crippen LogP) is 0.00230. The zero-order valence-electron chi connectivity index (χ0n) is 8.37. The molecule has 1 aliphatic heterocycles. The Balaban J connectivity index is 2.90. The van der Waals surface area contributed by atoms with Crippen LogP contribution in [0.25, 0.3) is 0 Å². The number of carboxylic acids is 1. The van der Waals surface area contributed by atoms with E-state index in [-0.39, 0.29) is 12.3 Å². The quantitative estimate of drug-likeness (QED) is 0.671. The highest BCUT2D eigenvalue weighted by molar-refractivity contribution is 5.89. The van der Waals surface area contributed by atoms with Gasteiger partial charge in [0, 0.05) is 18.9 Å². The lowest BCUT2D eigenvalue weighted by molar-refractivity contribution is -0.143. The average Bonchev–Trinajstić information content (AvgIpc) is 2.44. The van der Waals surface area contributed by atoms with Gasteiger partial charge in [-0.2, -0.15) is 0 Å². The second-order valence-electron chi connectivity index (χ2n) is 3.66. The van der Waals surface area contributed by atoms with Crippen molar-refractivity contribution in [2.75, 3.05) is 13.7 Å². The molecule has 0 radical (unpaired) electrons. The summed E-state index contributed by atoms with van der Waals surface area (Å²) in [4.78, 5) is 22.1. The number of rotatable bonds is 4. The summed E-state index contributed by atoms with van der Waals surface area (Å²) in [5.41, 5.74) is -0.586. The third-order valence-corrected chi connectivity index (χ3v) is 2.81. The first-order valence-electron chi connectivity index (χ1n) is 4.57. The van der Waals surface area contributed by atoms with Crippen LogP contribution in [0, 0.1) is 5.41 Å². The SMILES string of the molecule is CCC1(COC)CC(=O)NC1C(=O)O. The molecule has 0 aromatic heterocycles. The van der Waals surface area contributed by atoms with Crippen LogP contribution in [-0.4, -0.2) is 36.7 Å². The van der Waals surface area contributed by atoms with Crippen molar-refractivity contribution in [1.82, 2.24) is 5.32 Å². The summed E-state index contributed by atoms with van der Waals surface area (Å²) in [5.74, 6) is -1.20. The Morgan fingerprint density at radius 1 is 1.79 bits per heavy atom. The maximum Gasteiger partial charge on any atom is 0.326 e.